The second kappa shape index (κ2) is 4.89. The fourth-order valence-electron chi connectivity index (χ4n) is 1.11. The van der Waals surface area contributed by atoms with E-state index in [-0.39, 0.29) is 6.42 Å². The van der Waals surface area contributed by atoms with Gasteiger partial charge in [-0.2, -0.15) is 0 Å². The Labute approximate surface area is 91.2 Å². The van der Waals surface area contributed by atoms with Crippen molar-refractivity contribution in [2.45, 2.75) is 6.42 Å². The smallest absolute Gasteiger partial charge is 0.314 e. The topological polar surface area (TPSA) is 92.8 Å². The molecule has 2 N–H and O–H groups in total. The van der Waals surface area contributed by atoms with Crippen LogP contribution in [0.5, 0.6) is 11.5 Å². The Hall–Kier alpha value is -2.42. The predicted octanol–water partition coefficient (Wildman–Crippen LogP) is 1.16. The highest BCUT2D eigenvalue weighted by atomic mass is 16.6. The van der Waals surface area contributed by atoms with Crippen LogP contribution in [0.2, 0.25) is 0 Å². The number of nitrogens with zero attached hydrogens (tertiary/aromatic N) is 1. The molecule has 6 heteroatoms. The van der Waals surface area contributed by atoms with Crippen molar-refractivity contribution in [1.82, 2.24) is 0 Å². The number of phenols is 2. The van der Waals surface area contributed by atoms with Crippen LogP contribution in [0.25, 0.3) is 0 Å². The molecular formula is C10H9NO5. The van der Waals surface area contributed by atoms with E-state index in [4.69, 9.17) is 0 Å². The van der Waals surface area contributed by atoms with E-state index in [1.165, 1.54) is 13.2 Å². The van der Waals surface area contributed by atoms with Gasteiger partial charge in [-0.1, -0.05) is 5.92 Å². The quantitative estimate of drug-likeness (QED) is 0.339. The van der Waals surface area contributed by atoms with Crippen molar-refractivity contribution in [3.8, 4) is 23.5 Å². The molecule has 1 rings (SSSR count). The molecule has 0 radical (unpaired) electrons. The van der Waals surface area contributed by atoms with Crippen molar-refractivity contribution in [3.05, 3.63) is 27.8 Å². The minimum absolute atomic E-state index is 0.183. The first-order chi connectivity index (χ1) is 7.56. The van der Waals surface area contributed by atoms with E-state index in [2.05, 4.69) is 16.8 Å². The summed E-state index contributed by atoms with van der Waals surface area (Å²) in [7, 11) is 1.39. The Kier molecular flexibility index (Phi) is 3.56. The fraction of sp³-hybridized carbons (Fsp3) is 0.200. The molecular weight excluding hydrogens is 214 g/mol. The number of hydrogen-bond acceptors (Lipinski definition) is 5. The van der Waals surface area contributed by atoms with Crippen LogP contribution in [-0.2, 0) is 11.2 Å². The molecule has 0 saturated carbocycles. The van der Waals surface area contributed by atoms with Crippen LogP contribution in [0.3, 0.4) is 0 Å². The summed E-state index contributed by atoms with van der Waals surface area (Å²) < 4.78 is 4.49. The van der Waals surface area contributed by atoms with Crippen molar-refractivity contribution in [1.29, 1.82) is 0 Å². The number of benzene rings is 1. The van der Waals surface area contributed by atoms with Gasteiger partial charge >= 0.3 is 5.69 Å². The Morgan fingerprint density at radius 2 is 2.19 bits per heavy atom. The summed E-state index contributed by atoms with van der Waals surface area (Å²) in [6, 6.07) is 2.37. The van der Waals surface area contributed by atoms with Gasteiger partial charge in [0.05, 0.1) is 12.0 Å². The van der Waals surface area contributed by atoms with E-state index in [0.717, 1.165) is 6.07 Å². The van der Waals surface area contributed by atoms with Gasteiger partial charge in [0.2, 0.25) is 5.75 Å². The van der Waals surface area contributed by atoms with E-state index in [9.17, 15) is 20.3 Å². The minimum atomic E-state index is -0.775. The van der Waals surface area contributed by atoms with Crippen LogP contribution >= 0.6 is 0 Å². The Morgan fingerprint density at radius 1 is 1.50 bits per heavy atom. The molecule has 0 heterocycles. The van der Waals surface area contributed by atoms with Crippen LogP contribution in [0.4, 0.5) is 5.69 Å². The largest absolute Gasteiger partial charge is 0.504 e. The van der Waals surface area contributed by atoms with Crippen molar-refractivity contribution in [3.63, 3.8) is 0 Å². The molecule has 0 bridgehead atoms. The molecule has 0 unspecified atom stereocenters. The van der Waals surface area contributed by atoms with Gasteiger partial charge in [-0.25, -0.2) is 0 Å². The Bertz CT molecular complexity index is 472. The summed E-state index contributed by atoms with van der Waals surface area (Å²) in [4.78, 5) is 9.75. The lowest BCUT2D eigenvalue weighted by molar-refractivity contribution is -0.386. The molecule has 0 aliphatic rings. The number of ether oxygens (including phenoxy) is 1. The molecule has 1 aromatic rings. The zero-order chi connectivity index (χ0) is 12.1. The van der Waals surface area contributed by atoms with Crippen LogP contribution in [0, 0.1) is 22.1 Å². The van der Waals surface area contributed by atoms with E-state index in [0.29, 0.717) is 5.56 Å². The molecule has 0 spiro atoms. The molecule has 0 aliphatic heterocycles. The number of rotatable bonds is 2. The highest BCUT2D eigenvalue weighted by Crippen LogP contribution is 2.35. The van der Waals surface area contributed by atoms with Crippen molar-refractivity contribution < 1.29 is 19.9 Å². The monoisotopic (exact) mass is 223 g/mol. The first kappa shape index (κ1) is 11.7. The van der Waals surface area contributed by atoms with Gasteiger partial charge in [0, 0.05) is 12.5 Å². The first-order valence-corrected chi connectivity index (χ1v) is 4.26. The third kappa shape index (κ3) is 2.54. The maximum atomic E-state index is 10.5. The molecule has 84 valence electrons. The highest BCUT2D eigenvalue weighted by molar-refractivity contribution is 5.56. The van der Waals surface area contributed by atoms with Gasteiger partial charge in [-0.05, 0) is 11.6 Å². The number of nitro benzene ring substituents is 1. The number of aromatic hydroxyl groups is 2. The van der Waals surface area contributed by atoms with Crippen molar-refractivity contribution >= 4 is 5.69 Å². The van der Waals surface area contributed by atoms with Gasteiger partial charge in [0.25, 0.3) is 0 Å². The molecule has 6 nitrogen and oxygen atoms in total. The van der Waals surface area contributed by atoms with Gasteiger partial charge in [0.1, 0.15) is 6.11 Å². The van der Waals surface area contributed by atoms with E-state index >= 15 is 0 Å². The zero-order valence-electron chi connectivity index (χ0n) is 8.43. The SMILES string of the molecule is COC#CCc1cc(O)c(O)c([N+](=O)[O-])c1. The minimum Gasteiger partial charge on any atom is -0.504 e. The van der Waals surface area contributed by atoms with Gasteiger partial charge in [0.15, 0.2) is 5.75 Å². The molecule has 0 aliphatic carbocycles. The van der Waals surface area contributed by atoms with Crippen molar-refractivity contribution in [2.75, 3.05) is 7.11 Å². The third-order valence-corrected chi connectivity index (χ3v) is 1.79. The summed E-state index contributed by atoms with van der Waals surface area (Å²) in [6.07, 6.45) is 2.50. The number of hydrogen-bond donors (Lipinski definition) is 2. The predicted molar refractivity (Wildman–Crippen MR) is 54.9 cm³/mol. The summed E-state index contributed by atoms with van der Waals surface area (Å²) in [6.45, 7) is 0. The van der Waals surface area contributed by atoms with Gasteiger partial charge < -0.3 is 14.9 Å². The normalized spacial score (nSPS) is 9.06. The molecule has 0 saturated heterocycles. The van der Waals surface area contributed by atoms with E-state index in [1.807, 2.05) is 0 Å². The van der Waals surface area contributed by atoms with Gasteiger partial charge in [-0.15, -0.1) is 0 Å². The second-order valence-corrected chi connectivity index (χ2v) is 2.90. The van der Waals surface area contributed by atoms with Crippen LogP contribution in [0.1, 0.15) is 5.56 Å². The summed E-state index contributed by atoms with van der Waals surface area (Å²) in [5.41, 5.74) is -0.124. The first-order valence-electron chi connectivity index (χ1n) is 4.26. The highest BCUT2D eigenvalue weighted by Gasteiger charge is 2.18. The van der Waals surface area contributed by atoms with E-state index in [1.54, 1.807) is 0 Å². The van der Waals surface area contributed by atoms with Crippen LogP contribution in [0.15, 0.2) is 12.1 Å². The fourth-order valence-corrected chi connectivity index (χ4v) is 1.11. The maximum absolute atomic E-state index is 10.5. The van der Waals surface area contributed by atoms with Gasteiger partial charge in [-0.3, -0.25) is 10.1 Å². The third-order valence-electron chi connectivity index (χ3n) is 1.79. The van der Waals surface area contributed by atoms with Crippen LogP contribution < -0.4 is 0 Å². The lowest BCUT2D eigenvalue weighted by Crippen LogP contribution is -1.91. The molecule has 0 fully saturated rings. The van der Waals surface area contributed by atoms with E-state index < -0.39 is 22.1 Å². The lowest BCUT2D eigenvalue weighted by Gasteiger charge is -2.01. The van der Waals surface area contributed by atoms with Crippen molar-refractivity contribution in [2.24, 2.45) is 0 Å². The van der Waals surface area contributed by atoms with Crippen LogP contribution in [-0.4, -0.2) is 22.2 Å². The average molecular weight is 223 g/mol. The average Bonchev–Trinajstić information content (AvgIpc) is 2.23. The number of nitro groups is 1. The Balaban J connectivity index is 3.09. The summed E-state index contributed by atoms with van der Waals surface area (Å²) >= 11 is 0. The number of phenolic OH excluding ortho intramolecular Hbond substituents is 2. The second-order valence-electron chi connectivity index (χ2n) is 2.90. The summed E-state index contributed by atoms with van der Waals surface area (Å²) in [5.74, 6) is 1.30. The molecule has 0 aromatic heterocycles. The molecule has 1 aromatic carbocycles. The lowest BCUT2D eigenvalue weighted by atomic mass is 10.1. The summed E-state index contributed by atoms with van der Waals surface area (Å²) in [5, 5.41) is 29.0. The standard InChI is InChI=1S/C10H9NO5/c1-16-4-2-3-7-5-8(11(14)15)10(13)9(12)6-7/h5-6,12-13H,3H2,1H3. The maximum Gasteiger partial charge on any atom is 0.314 e. The Morgan fingerprint density at radius 3 is 2.75 bits per heavy atom. The molecule has 0 atom stereocenters. The molecule has 16 heavy (non-hydrogen) atoms. The zero-order valence-corrected chi connectivity index (χ0v) is 8.43. The molecule has 0 amide bonds. The number of methoxy groups -OCH3 is 1.